The van der Waals surface area contributed by atoms with Gasteiger partial charge in [0.15, 0.2) is 0 Å². The highest BCUT2D eigenvalue weighted by Gasteiger charge is 2.18. The first-order valence-electron chi connectivity index (χ1n) is 5.23. The molecule has 0 aromatic heterocycles. The zero-order valence-corrected chi connectivity index (χ0v) is 9.41. The van der Waals surface area contributed by atoms with E-state index in [9.17, 15) is 13.9 Å². The normalized spacial score (nSPS) is 14.8. The number of hydrogen-bond donors (Lipinski definition) is 1. The first kappa shape index (κ1) is 13.1. The summed E-state index contributed by atoms with van der Waals surface area (Å²) in [4.78, 5) is 0. The van der Waals surface area contributed by atoms with Crippen LogP contribution in [-0.2, 0) is 11.2 Å². The number of aliphatic hydroxyl groups excluding tert-OH is 1. The number of hydrogen-bond acceptors (Lipinski definition) is 2. The highest BCUT2D eigenvalue weighted by Crippen LogP contribution is 2.15. The molecule has 4 heteroatoms. The maximum atomic E-state index is 13.3. The molecule has 2 atom stereocenters. The molecule has 0 fully saturated rings. The van der Waals surface area contributed by atoms with Gasteiger partial charge in [-0.3, -0.25) is 0 Å². The molecule has 1 aromatic rings. The van der Waals surface area contributed by atoms with Crippen molar-refractivity contribution in [2.75, 3.05) is 7.11 Å². The molecule has 0 bridgehead atoms. The fraction of sp³-hybridized carbons (Fsp3) is 0.500. The van der Waals surface area contributed by atoms with Gasteiger partial charge < -0.3 is 9.84 Å². The van der Waals surface area contributed by atoms with E-state index in [4.69, 9.17) is 4.74 Å². The van der Waals surface area contributed by atoms with Gasteiger partial charge in [0, 0.05) is 13.5 Å². The molecule has 0 aliphatic carbocycles. The third kappa shape index (κ3) is 3.25. The second-order valence-electron chi connectivity index (χ2n) is 3.69. The Bertz CT molecular complexity index is 338. The fourth-order valence-corrected chi connectivity index (χ4v) is 1.65. The van der Waals surface area contributed by atoms with Crippen LogP contribution < -0.4 is 0 Å². The summed E-state index contributed by atoms with van der Waals surface area (Å²) in [5.41, 5.74) is 0.169. The van der Waals surface area contributed by atoms with E-state index >= 15 is 0 Å². The SMILES string of the molecule is CCC(OC)C(O)Cc1cc(F)ccc1F. The minimum absolute atomic E-state index is 0.0515. The van der Waals surface area contributed by atoms with E-state index in [0.29, 0.717) is 6.42 Å². The van der Waals surface area contributed by atoms with Gasteiger partial charge in [0.25, 0.3) is 0 Å². The highest BCUT2D eigenvalue weighted by molar-refractivity contribution is 5.19. The van der Waals surface area contributed by atoms with Crippen LogP contribution in [0.25, 0.3) is 0 Å². The van der Waals surface area contributed by atoms with Crippen molar-refractivity contribution in [2.45, 2.75) is 32.0 Å². The van der Waals surface area contributed by atoms with Gasteiger partial charge in [-0.15, -0.1) is 0 Å². The highest BCUT2D eigenvalue weighted by atomic mass is 19.1. The predicted octanol–water partition coefficient (Wildman–Crippen LogP) is 2.29. The Labute approximate surface area is 93.9 Å². The van der Waals surface area contributed by atoms with E-state index in [2.05, 4.69) is 0 Å². The van der Waals surface area contributed by atoms with Crippen molar-refractivity contribution in [1.82, 2.24) is 0 Å². The molecular weight excluding hydrogens is 214 g/mol. The lowest BCUT2D eigenvalue weighted by Gasteiger charge is -2.20. The molecule has 0 saturated carbocycles. The van der Waals surface area contributed by atoms with Crippen molar-refractivity contribution in [1.29, 1.82) is 0 Å². The molecule has 1 rings (SSSR count). The smallest absolute Gasteiger partial charge is 0.126 e. The van der Waals surface area contributed by atoms with Crippen molar-refractivity contribution in [3.8, 4) is 0 Å². The molecule has 1 N–H and O–H groups in total. The average molecular weight is 230 g/mol. The monoisotopic (exact) mass is 230 g/mol. The Kier molecular flexibility index (Phi) is 4.83. The Morgan fingerprint density at radius 1 is 1.38 bits per heavy atom. The van der Waals surface area contributed by atoms with Crippen molar-refractivity contribution in [2.24, 2.45) is 0 Å². The summed E-state index contributed by atoms with van der Waals surface area (Å²) in [6, 6.07) is 3.21. The summed E-state index contributed by atoms with van der Waals surface area (Å²) < 4.78 is 31.2. The quantitative estimate of drug-likeness (QED) is 0.841. The van der Waals surface area contributed by atoms with Crippen LogP contribution in [0.2, 0.25) is 0 Å². The van der Waals surface area contributed by atoms with E-state index in [0.717, 1.165) is 18.2 Å². The number of aliphatic hydroxyl groups is 1. The molecule has 0 heterocycles. The van der Waals surface area contributed by atoms with E-state index < -0.39 is 17.7 Å². The minimum atomic E-state index is -0.828. The molecule has 0 amide bonds. The molecule has 2 nitrogen and oxygen atoms in total. The Balaban J connectivity index is 2.75. The maximum absolute atomic E-state index is 13.3. The molecule has 16 heavy (non-hydrogen) atoms. The molecule has 2 unspecified atom stereocenters. The van der Waals surface area contributed by atoms with Gasteiger partial charge in [-0.05, 0) is 30.2 Å². The van der Waals surface area contributed by atoms with Crippen LogP contribution in [0.5, 0.6) is 0 Å². The summed E-state index contributed by atoms with van der Waals surface area (Å²) in [6.07, 6.45) is -0.515. The lowest BCUT2D eigenvalue weighted by Crippen LogP contribution is -2.29. The summed E-state index contributed by atoms with van der Waals surface area (Å²) >= 11 is 0. The Hall–Kier alpha value is -1.00. The second-order valence-corrected chi connectivity index (χ2v) is 3.69. The summed E-state index contributed by atoms with van der Waals surface area (Å²) in [5.74, 6) is -1.01. The molecule has 0 radical (unpaired) electrons. The molecule has 0 aliphatic heterocycles. The van der Waals surface area contributed by atoms with Crippen LogP contribution >= 0.6 is 0 Å². The van der Waals surface area contributed by atoms with Crippen LogP contribution in [0.15, 0.2) is 18.2 Å². The van der Waals surface area contributed by atoms with Crippen molar-refractivity contribution >= 4 is 0 Å². The van der Waals surface area contributed by atoms with Gasteiger partial charge in [0.1, 0.15) is 11.6 Å². The molecule has 90 valence electrons. The third-order valence-corrected chi connectivity index (χ3v) is 2.57. The summed E-state index contributed by atoms with van der Waals surface area (Å²) in [5, 5.41) is 9.76. The van der Waals surface area contributed by atoms with E-state index in [-0.39, 0.29) is 18.1 Å². The van der Waals surface area contributed by atoms with Gasteiger partial charge in [-0.25, -0.2) is 8.78 Å². The Morgan fingerprint density at radius 2 is 2.06 bits per heavy atom. The fourth-order valence-electron chi connectivity index (χ4n) is 1.65. The largest absolute Gasteiger partial charge is 0.390 e. The zero-order chi connectivity index (χ0) is 12.1. The summed E-state index contributed by atoms with van der Waals surface area (Å²) in [6.45, 7) is 1.86. The van der Waals surface area contributed by atoms with Gasteiger partial charge in [0.05, 0.1) is 12.2 Å². The van der Waals surface area contributed by atoms with Crippen molar-refractivity contribution < 1.29 is 18.6 Å². The third-order valence-electron chi connectivity index (χ3n) is 2.57. The van der Waals surface area contributed by atoms with Crippen LogP contribution in [0, 0.1) is 11.6 Å². The van der Waals surface area contributed by atoms with Crippen LogP contribution in [-0.4, -0.2) is 24.4 Å². The number of halogens is 2. The van der Waals surface area contributed by atoms with Gasteiger partial charge in [-0.1, -0.05) is 6.92 Å². The van der Waals surface area contributed by atoms with Crippen LogP contribution in [0.1, 0.15) is 18.9 Å². The number of rotatable bonds is 5. The predicted molar refractivity (Wildman–Crippen MR) is 57.2 cm³/mol. The lowest BCUT2D eigenvalue weighted by molar-refractivity contribution is -0.0132. The van der Waals surface area contributed by atoms with Gasteiger partial charge in [-0.2, -0.15) is 0 Å². The average Bonchev–Trinajstić information content (AvgIpc) is 2.25. The molecule has 1 aromatic carbocycles. The van der Waals surface area contributed by atoms with Gasteiger partial charge >= 0.3 is 0 Å². The molecular formula is C12H16F2O2. The molecule has 0 aliphatic rings. The first-order valence-corrected chi connectivity index (χ1v) is 5.23. The van der Waals surface area contributed by atoms with Crippen molar-refractivity contribution in [3.05, 3.63) is 35.4 Å². The van der Waals surface area contributed by atoms with E-state index in [1.165, 1.54) is 7.11 Å². The second kappa shape index (κ2) is 5.92. The van der Waals surface area contributed by atoms with E-state index in [1.54, 1.807) is 0 Å². The Morgan fingerprint density at radius 3 is 2.62 bits per heavy atom. The standard InChI is InChI=1S/C12H16F2O2/c1-3-12(16-2)11(15)7-8-6-9(13)4-5-10(8)14/h4-6,11-12,15H,3,7H2,1-2H3. The molecule has 0 saturated heterocycles. The summed E-state index contributed by atoms with van der Waals surface area (Å²) in [7, 11) is 1.49. The topological polar surface area (TPSA) is 29.5 Å². The number of methoxy groups -OCH3 is 1. The van der Waals surface area contributed by atoms with Crippen molar-refractivity contribution in [3.63, 3.8) is 0 Å². The van der Waals surface area contributed by atoms with Crippen LogP contribution in [0.4, 0.5) is 8.78 Å². The van der Waals surface area contributed by atoms with E-state index in [1.807, 2.05) is 6.92 Å². The van der Waals surface area contributed by atoms with Gasteiger partial charge in [0.2, 0.25) is 0 Å². The minimum Gasteiger partial charge on any atom is -0.390 e. The first-order chi connectivity index (χ1) is 7.58. The number of benzene rings is 1. The zero-order valence-electron chi connectivity index (χ0n) is 9.41. The molecule has 0 spiro atoms. The maximum Gasteiger partial charge on any atom is 0.126 e. The van der Waals surface area contributed by atoms with Crippen LogP contribution in [0.3, 0.4) is 0 Å². The lowest BCUT2D eigenvalue weighted by atomic mass is 10.0. The number of ether oxygens (including phenoxy) is 1.